The van der Waals surface area contributed by atoms with Gasteiger partial charge in [-0.3, -0.25) is 9.59 Å². The molecule has 2 heterocycles. The molecule has 0 bridgehead atoms. The Kier molecular flexibility index (Phi) is 7.49. The van der Waals surface area contributed by atoms with Crippen molar-refractivity contribution in [1.29, 1.82) is 0 Å². The molecule has 44 heavy (non-hydrogen) atoms. The largest absolute Gasteiger partial charge is 0.491 e. The highest BCUT2D eigenvalue weighted by atomic mass is 32.2. The van der Waals surface area contributed by atoms with E-state index >= 15 is 4.39 Å². The van der Waals surface area contributed by atoms with Gasteiger partial charge in [-0.2, -0.15) is 26.3 Å². The monoisotopic (exact) mass is 655 g/mol. The third-order valence-corrected chi connectivity index (χ3v) is 11.5. The fourth-order valence-corrected chi connectivity index (χ4v) is 8.87. The summed E-state index contributed by atoms with van der Waals surface area (Å²) in [7, 11) is -4.63. The number of benzene rings is 2. The van der Waals surface area contributed by atoms with Crippen LogP contribution in [-0.4, -0.2) is 67.5 Å². The predicted octanol–water partition coefficient (Wildman–Crippen LogP) is 5.62. The summed E-state index contributed by atoms with van der Waals surface area (Å²) >= 11 is 0. The van der Waals surface area contributed by atoms with Gasteiger partial charge >= 0.3 is 24.0 Å². The molecule has 1 saturated heterocycles. The van der Waals surface area contributed by atoms with Gasteiger partial charge in [0.05, 0.1) is 16.9 Å². The maximum atomic E-state index is 16.0. The van der Waals surface area contributed by atoms with Crippen LogP contribution in [0.2, 0.25) is 0 Å². The van der Waals surface area contributed by atoms with Gasteiger partial charge in [-0.05, 0) is 50.3 Å². The molecule has 2 fully saturated rings. The molecule has 1 aliphatic carbocycles. The van der Waals surface area contributed by atoms with Gasteiger partial charge in [-0.15, -0.1) is 0 Å². The van der Waals surface area contributed by atoms with E-state index in [0.717, 1.165) is 4.90 Å². The lowest BCUT2D eigenvalue weighted by atomic mass is 9.79. The molecule has 7 nitrogen and oxygen atoms in total. The Labute approximate surface area is 245 Å². The molecular weight excluding hydrogens is 630 g/mol. The van der Waals surface area contributed by atoms with Crippen molar-refractivity contribution in [2.45, 2.75) is 71.5 Å². The molecule has 1 saturated carbocycles. The average Bonchev–Trinajstić information content (AvgIpc) is 3.37. The van der Waals surface area contributed by atoms with Gasteiger partial charge in [0.1, 0.15) is 17.1 Å². The molecule has 2 aromatic rings. The van der Waals surface area contributed by atoms with Gasteiger partial charge in [0.25, 0.3) is 5.91 Å². The molecule has 2 aromatic carbocycles. The number of halogens is 8. The van der Waals surface area contributed by atoms with Gasteiger partial charge in [0, 0.05) is 17.7 Å². The Bertz CT molecular complexity index is 1560. The minimum Gasteiger partial charge on any atom is -0.491 e. The van der Waals surface area contributed by atoms with Crippen LogP contribution in [-0.2, 0) is 29.8 Å². The molecule has 5 rings (SSSR count). The van der Waals surface area contributed by atoms with E-state index < -0.39 is 105 Å². The highest BCUT2D eigenvalue weighted by molar-refractivity contribution is 7.92. The molecular formula is C28H25F8NO6S. The normalized spacial score (nSPS) is 27.7. The predicted molar refractivity (Wildman–Crippen MR) is 136 cm³/mol. The fourth-order valence-electron chi connectivity index (χ4n) is 6.57. The number of carboxylic acids is 1. The molecule has 2 atom stereocenters. The first kappa shape index (κ1) is 32.0. The number of nitrogens with zero attached hydrogens (tertiary/aromatic N) is 1. The van der Waals surface area contributed by atoms with E-state index in [4.69, 9.17) is 4.74 Å². The summed E-state index contributed by atoms with van der Waals surface area (Å²) in [5.41, 5.74) is -10.7. The summed E-state index contributed by atoms with van der Waals surface area (Å²) in [5.74, 6) is -3.92. The summed E-state index contributed by atoms with van der Waals surface area (Å²) in [4.78, 5) is 25.6. The summed E-state index contributed by atoms with van der Waals surface area (Å²) in [5, 5.41) is 9.25. The van der Waals surface area contributed by atoms with Crippen LogP contribution in [0.4, 0.5) is 35.1 Å². The van der Waals surface area contributed by atoms with Crippen molar-refractivity contribution in [2.75, 3.05) is 13.2 Å². The van der Waals surface area contributed by atoms with E-state index in [-0.39, 0.29) is 36.4 Å². The van der Waals surface area contributed by atoms with Crippen molar-refractivity contribution >= 4 is 21.7 Å². The van der Waals surface area contributed by atoms with Crippen LogP contribution in [0.1, 0.15) is 43.2 Å². The number of rotatable bonds is 5. The number of alkyl halides is 8. The summed E-state index contributed by atoms with van der Waals surface area (Å²) in [6.07, 6.45) is -14.5. The van der Waals surface area contributed by atoms with Gasteiger partial charge in [-0.1, -0.05) is 30.3 Å². The van der Waals surface area contributed by atoms with Gasteiger partial charge < -0.3 is 14.7 Å². The maximum Gasteiger partial charge on any atom is 0.435 e. The molecule has 16 heteroatoms. The van der Waals surface area contributed by atoms with Crippen molar-refractivity contribution in [3.05, 3.63) is 59.7 Å². The van der Waals surface area contributed by atoms with Crippen molar-refractivity contribution < 1.29 is 63.0 Å². The van der Waals surface area contributed by atoms with Crippen molar-refractivity contribution in [1.82, 2.24) is 4.90 Å². The van der Waals surface area contributed by atoms with Gasteiger partial charge in [-0.25, -0.2) is 17.2 Å². The van der Waals surface area contributed by atoms with E-state index in [2.05, 4.69) is 0 Å². The molecule has 0 spiro atoms. The summed E-state index contributed by atoms with van der Waals surface area (Å²) in [6.45, 7) is -1.16. The Morgan fingerprint density at radius 2 is 1.50 bits per heavy atom. The van der Waals surface area contributed by atoms with Crippen molar-refractivity contribution in [3.8, 4) is 5.75 Å². The van der Waals surface area contributed by atoms with Crippen LogP contribution in [0.25, 0.3) is 0 Å². The second kappa shape index (κ2) is 10.3. The molecule has 1 amide bonds. The lowest BCUT2D eigenvalue weighted by Gasteiger charge is -2.44. The van der Waals surface area contributed by atoms with Gasteiger partial charge in [0.2, 0.25) is 0 Å². The van der Waals surface area contributed by atoms with Crippen LogP contribution < -0.4 is 4.74 Å². The van der Waals surface area contributed by atoms with E-state index in [1.165, 1.54) is 30.3 Å². The number of hydrogen-bond donors (Lipinski definition) is 1. The highest BCUT2D eigenvalue weighted by Crippen LogP contribution is 2.57. The van der Waals surface area contributed by atoms with Crippen molar-refractivity contribution in [3.63, 3.8) is 0 Å². The zero-order chi connectivity index (χ0) is 32.5. The summed E-state index contributed by atoms with van der Waals surface area (Å²) in [6, 6.07) is 6.13. The second-order valence-corrected chi connectivity index (χ2v) is 13.4. The molecule has 3 aliphatic rings. The molecule has 0 aromatic heterocycles. The number of sulfone groups is 1. The lowest BCUT2D eigenvalue weighted by molar-refractivity contribution is -0.348. The quantitative estimate of drug-likeness (QED) is 0.420. The number of likely N-dealkylation sites (tertiary alicyclic amines) is 1. The topological polar surface area (TPSA) is 101 Å². The van der Waals surface area contributed by atoms with Gasteiger partial charge in [0.15, 0.2) is 15.5 Å². The zero-order valence-electron chi connectivity index (χ0n) is 22.6. The zero-order valence-corrected chi connectivity index (χ0v) is 23.4. The number of amides is 1. The fraction of sp³-hybridized carbons (Fsp3) is 0.500. The van der Waals surface area contributed by atoms with E-state index in [9.17, 15) is 53.8 Å². The number of hydrogen-bond acceptors (Lipinski definition) is 5. The Balaban J connectivity index is 1.63. The van der Waals surface area contributed by atoms with E-state index in [1.807, 2.05) is 0 Å². The van der Waals surface area contributed by atoms with Crippen LogP contribution in [0.3, 0.4) is 0 Å². The maximum absolute atomic E-state index is 16.0. The standard InChI is InChI=1S/C28H25F8NO6S/c29-24(10-8-16(9-11-24)22(38)39)23(40)37-13-12-25(44(41,42)18-4-2-1-3-5-18)19-7-6-17(14-20(19)43-15-21(25)37)26(30,27(31,32)33)28(34,35)36/h1-7,14,16,21H,8-13,15H2,(H,38,39). The number of fused-ring (bicyclic) bond motifs is 3. The molecule has 240 valence electrons. The molecule has 2 unspecified atom stereocenters. The third kappa shape index (κ3) is 4.53. The van der Waals surface area contributed by atoms with Crippen LogP contribution in [0.5, 0.6) is 5.75 Å². The van der Waals surface area contributed by atoms with E-state index in [0.29, 0.717) is 6.07 Å². The number of ether oxygens (including phenoxy) is 1. The number of carbonyl (C=O) groups is 2. The lowest BCUT2D eigenvalue weighted by Crippen LogP contribution is -2.58. The Morgan fingerprint density at radius 1 is 0.909 bits per heavy atom. The highest BCUT2D eigenvalue weighted by Gasteiger charge is 2.74. The Morgan fingerprint density at radius 3 is 2.05 bits per heavy atom. The Hall–Kier alpha value is -3.43. The van der Waals surface area contributed by atoms with Crippen LogP contribution >= 0.6 is 0 Å². The minimum atomic E-state index is -6.43. The first-order valence-electron chi connectivity index (χ1n) is 13.4. The minimum absolute atomic E-state index is 0.156. The smallest absolute Gasteiger partial charge is 0.435 e. The molecule has 2 aliphatic heterocycles. The second-order valence-electron chi connectivity index (χ2n) is 11.2. The van der Waals surface area contributed by atoms with Crippen LogP contribution in [0.15, 0.2) is 53.4 Å². The average molecular weight is 656 g/mol. The summed E-state index contributed by atoms with van der Waals surface area (Å²) < 4.78 is 144. The van der Waals surface area contributed by atoms with E-state index in [1.54, 1.807) is 0 Å². The third-order valence-electron chi connectivity index (χ3n) is 8.96. The number of carbonyl (C=O) groups excluding carboxylic acids is 1. The number of aliphatic carboxylic acids is 1. The first-order valence-corrected chi connectivity index (χ1v) is 14.9. The molecule has 0 radical (unpaired) electrons. The van der Waals surface area contributed by atoms with Crippen LogP contribution in [0, 0.1) is 5.92 Å². The SMILES string of the molecule is O=C(O)C1CCC(F)(C(=O)N2CCC3(S(=O)(=O)c4ccccc4)c4ccc(C(F)(C(F)(F)F)C(F)(F)F)cc4OCC23)CC1. The number of carboxylic acid groups (broad SMARTS) is 1. The first-order chi connectivity index (χ1) is 20.3. The van der Waals surface area contributed by atoms with Crippen molar-refractivity contribution in [2.24, 2.45) is 5.92 Å². The molecule has 1 N–H and O–H groups in total.